The fourth-order valence-electron chi connectivity index (χ4n) is 2.90. The molecule has 0 saturated carbocycles. The summed E-state index contributed by atoms with van der Waals surface area (Å²) < 4.78 is 0. The Morgan fingerprint density at radius 2 is 2.21 bits per heavy atom. The summed E-state index contributed by atoms with van der Waals surface area (Å²) >= 11 is 0. The standard InChI is InChI=1S/C14H28N4O/c1-12(2)18(11-13-5-3-4-6-15-13)10-9-17-8-7-16-14(17)19/h12-13,15H,3-11H2,1-2H3,(H,16,19). The lowest BCUT2D eigenvalue weighted by atomic mass is 10.0. The molecule has 0 aromatic heterocycles. The molecule has 2 N–H and O–H groups in total. The Morgan fingerprint density at radius 1 is 1.37 bits per heavy atom. The van der Waals surface area contributed by atoms with Crippen LogP contribution < -0.4 is 10.6 Å². The van der Waals surface area contributed by atoms with E-state index < -0.39 is 0 Å². The van der Waals surface area contributed by atoms with Gasteiger partial charge in [0.25, 0.3) is 0 Å². The molecule has 2 heterocycles. The predicted molar refractivity (Wildman–Crippen MR) is 77.3 cm³/mol. The van der Waals surface area contributed by atoms with Crippen molar-refractivity contribution in [3.05, 3.63) is 0 Å². The minimum absolute atomic E-state index is 0.0968. The quantitative estimate of drug-likeness (QED) is 0.751. The van der Waals surface area contributed by atoms with Crippen molar-refractivity contribution in [2.24, 2.45) is 0 Å². The minimum atomic E-state index is 0.0968. The van der Waals surface area contributed by atoms with Crippen LogP contribution in [0, 0.1) is 0 Å². The van der Waals surface area contributed by atoms with Gasteiger partial charge < -0.3 is 15.5 Å². The molecule has 5 nitrogen and oxygen atoms in total. The maximum absolute atomic E-state index is 11.5. The molecule has 2 amide bonds. The van der Waals surface area contributed by atoms with Crippen molar-refractivity contribution in [1.82, 2.24) is 20.4 Å². The van der Waals surface area contributed by atoms with E-state index in [9.17, 15) is 4.79 Å². The van der Waals surface area contributed by atoms with Crippen LogP contribution in [0.2, 0.25) is 0 Å². The number of nitrogens with zero attached hydrogens (tertiary/aromatic N) is 2. The van der Waals surface area contributed by atoms with E-state index in [2.05, 4.69) is 29.4 Å². The largest absolute Gasteiger partial charge is 0.336 e. The summed E-state index contributed by atoms with van der Waals surface area (Å²) in [7, 11) is 0. The van der Waals surface area contributed by atoms with Gasteiger partial charge in [-0.25, -0.2) is 4.79 Å². The molecule has 2 aliphatic rings. The van der Waals surface area contributed by atoms with Crippen LogP contribution in [-0.4, -0.2) is 67.2 Å². The van der Waals surface area contributed by atoms with Crippen LogP contribution in [0.15, 0.2) is 0 Å². The number of piperidine rings is 1. The highest BCUT2D eigenvalue weighted by Gasteiger charge is 2.22. The van der Waals surface area contributed by atoms with Gasteiger partial charge in [-0.15, -0.1) is 0 Å². The zero-order valence-electron chi connectivity index (χ0n) is 12.3. The molecule has 1 unspecified atom stereocenters. The number of urea groups is 1. The Balaban J connectivity index is 1.76. The lowest BCUT2D eigenvalue weighted by molar-refractivity contribution is 0.163. The molecule has 0 bridgehead atoms. The second-order valence-electron chi connectivity index (χ2n) is 5.95. The molecule has 0 aliphatic carbocycles. The lowest BCUT2D eigenvalue weighted by Gasteiger charge is -2.34. The number of hydrogen-bond acceptors (Lipinski definition) is 3. The molecule has 1 atom stereocenters. The van der Waals surface area contributed by atoms with Gasteiger partial charge in [-0.1, -0.05) is 6.42 Å². The average Bonchev–Trinajstić information content (AvgIpc) is 2.81. The summed E-state index contributed by atoms with van der Waals surface area (Å²) in [4.78, 5) is 15.9. The maximum atomic E-state index is 11.5. The number of carbonyl (C=O) groups is 1. The number of carbonyl (C=O) groups excluding carboxylic acids is 1. The molecule has 0 spiro atoms. The summed E-state index contributed by atoms with van der Waals surface area (Å²) in [6.07, 6.45) is 3.94. The van der Waals surface area contributed by atoms with Crippen LogP contribution in [0.1, 0.15) is 33.1 Å². The van der Waals surface area contributed by atoms with E-state index >= 15 is 0 Å². The van der Waals surface area contributed by atoms with E-state index in [1.807, 2.05) is 4.90 Å². The number of nitrogens with one attached hydrogen (secondary N) is 2. The van der Waals surface area contributed by atoms with E-state index in [1.54, 1.807) is 0 Å². The summed E-state index contributed by atoms with van der Waals surface area (Å²) in [5.41, 5.74) is 0. The Labute approximate surface area is 116 Å². The summed E-state index contributed by atoms with van der Waals surface area (Å²) in [6.45, 7) is 10.2. The average molecular weight is 268 g/mol. The van der Waals surface area contributed by atoms with Gasteiger partial charge in [0.2, 0.25) is 0 Å². The highest BCUT2D eigenvalue weighted by atomic mass is 16.2. The van der Waals surface area contributed by atoms with E-state index in [-0.39, 0.29) is 6.03 Å². The maximum Gasteiger partial charge on any atom is 0.317 e. The van der Waals surface area contributed by atoms with E-state index in [0.29, 0.717) is 12.1 Å². The van der Waals surface area contributed by atoms with Gasteiger partial charge in [-0.05, 0) is 33.2 Å². The fraction of sp³-hybridized carbons (Fsp3) is 0.929. The van der Waals surface area contributed by atoms with Crippen molar-refractivity contribution in [2.75, 3.05) is 39.3 Å². The molecule has 2 rings (SSSR count). The molecule has 2 fully saturated rings. The molecular weight excluding hydrogens is 240 g/mol. The monoisotopic (exact) mass is 268 g/mol. The van der Waals surface area contributed by atoms with Crippen molar-refractivity contribution in [1.29, 1.82) is 0 Å². The van der Waals surface area contributed by atoms with Crippen LogP contribution in [0.4, 0.5) is 4.79 Å². The first-order valence-electron chi connectivity index (χ1n) is 7.67. The van der Waals surface area contributed by atoms with Crippen LogP contribution in [0.25, 0.3) is 0 Å². The summed E-state index contributed by atoms with van der Waals surface area (Å²) in [5, 5.41) is 6.47. The minimum Gasteiger partial charge on any atom is -0.336 e. The molecule has 2 saturated heterocycles. The summed E-state index contributed by atoms with van der Waals surface area (Å²) in [6, 6.07) is 1.26. The first-order valence-corrected chi connectivity index (χ1v) is 7.67. The molecule has 0 aromatic carbocycles. The predicted octanol–water partition coefficient (Wildman–Crippen LogP) is 0.864. The van der Waals surface area contributed by atoms with Gasteiger partial charge in [0, 0.05) is 44.8 Å². The van der Waals surface area contributed by atoms with Gasteiger partial charge in [0.05, 0.1) is 0 Å². The third-order valence-corrected chi connectivity index (χ3v) is 4.20. The molecule has 0 aromatic rings. The highest BCUT2D eigenvalue weighted by molar-refractivity contribution is 5.76. The van der Waals surface area contributed by atoms with E-state index in [0.717, 1.165) is 39.3 Å². The highest BCUT2D eigenvalue weighted by Crippen LogP contribution is 2.10. The van der Waals surface area contributed by atoms with Crippen LogP contribution in [-0.2, 0) is 0 Å². The second kappa shape index (κ2) is 7.10. The zero-order valence-corrected chi connectivity index (χ0v) is 12.3. The van der Waals surface area contributed by atoms with Crippen molar-refractivity contribution in [3.63, 3.8) is 0 Å². The Morgan fingerprint density at radius 3 is 2.79 bits per heavy atom. The number of hydrogen-bond donors (Lipinski definition) is 2. The van der Waals surface area contributed by atoms with Gasteiger partial charge in [-0.3, -0.25) is 4.90 Å². The second-order valence-corrected chi connectivity index (χ2v) is 5.95. The first-order chi connectivity index (χ1) is 9.16. The van der Waals surface area contributed by atoms with Crippen LogP contribution in [0.5, 0.6) is 0 Å². The van der Waals surface area contributed by atoms with Crippen LogP contribution >= 0.6 is 0 Å². The normalized spacial score (nSPS) is 24.3. The Bertz CT molecular complexity index is 289. The number of amides is 2. The topological polar surface area (TPSA) is 47.6 Å². The van der Waals surface area contributed by atoms with Gasteiger partial charge in [0.15, 0.2) is 0 Å². The molecule has 19 heavy (non-hydrogen) atoms. The first kappa shape index (κ1) is 14.6. The fourth-order valence-corrected chi connectivity index (χ4v) is 2.90. The number of rotatable bonds is 6. The van der Waals surface area contributed by atoms with Gasteiger partial charge in [0.1, 0.15) is 0 Å². The Hall–Kier alpha value is -0.810. The van der Waals surface area contributed by atoms with E-state index in [4.69, 9.17) is 0 Å². The molecular formula is C14H28N4O. The van der Waals surface area contributed by atoms with E-state index in [1.165, 1.54) is 19.3 Å². The third kappa shape index (κ3) is 4.35. The summed E-state index contributed by atoms with van der Waals surface area (Å²) in [5.74, 6) is 0. The molecule has 5 heteroatoms. The van der Waals surface area contributed by atoms with Gasteiger partial charge in [-0.2, -0.15) is 0 Å². The zero-order chi connectivity index (χ0) is 13.7. The Kier molecular flexibility index (Phi) is 5.45. The van der Waals surface area contributed by atoms with Crippen molar-refractivity contribution < 1.29 is 4.79 Å². The SMILES string of the molecule is CC(C)N(CCN1CCNC1=O)CC1CCCCN1. The van der Waals surface area contributed by atoms with Crippen molar-refractivity contribution >= 4 is 6.03 Å². The molecule has 0 radical (unpaired) electrons. The lowest BCUT2D eigenvalue weighted by Crippen LogP contribution is -2.48. The van der Waals surface area contributed by atoms with Crippen molar-refractivity contribution in [2.45, 2.75) is 45.2 Å². The van der Waals surface area contributed by atoms with Crippen LogP contribution in [0.3, 0.4) is 0 Å². The van der Waals surface area contributed by atoms with Crippen molar-refractivity contribution in [3.8, 4) is 0 Å². The van der Waals surface area contributed by atoms with Gasteiger partial charge >= 0.3 is 6.03 Å². The third-order valence-electron chi connectivity index (χ3n) is 4.20. The molecule has 110 valence electrons. The smallest absolute Gasteiger partial charge is 0.317 e. The molecule has 2 aliphatic heterocycles.